The van der Waals surface area contributed by atoms with E-state index in [1.165, 1.54) is 5.92 Å². The minimum atomic E-state index is 0.398. The van der Waals surface area contributed by atoms with Gasteiger partial charge in [-0.15, -0.1) is 0 Å². The van der Waals surface area contributed by atoms with Gasteiger partial charge in [-0.05, 0) is 12.3 Å². The van der Waals surface area contributed by atoms with Gasteiger partial charge in [-0.25, -0.2) is 0 Å². The molecule has 1 unspecified atom stereocenters. The Morgan fingerprint density at radius 2 is 2.12 bits per heavy atom. The molecule has 0 aromatic carbocycles. The molecular formula is C6H15N2. The van der Waals surface area contributed by atoms with Crippen LogP contribution in [0.5, 0.6) is 0 Å². The van der Waals surface area contributed by atoms with Gasteiger partial charge >= 0.3 is 0 Å². The van der Waals surface area contributed by atoms with Gasteiger partial charge in [-0.1, -0.05) is 20.8 Å². The van der Waals surface area contributed by atoms with Gasteiger partial charge < -0.3 is 0 Å². The molecule has 0 bridgehead atoms. The molecular weight excluding hydrogens is 100 g/mol. The van der Waals surface area contributed by atoms with Crippen LogP contribution >= 0.6 is 0 Å². The van der Waals surface area contributed by atoms with Crippen LogP contribution in [0.15, 0.2) is 0 Å². The number of nitrogens with two attached hydrogens (primary N) is 1. The highest BCUT2D eigenvalue weighted by atomic mass is 15.2. The lowest BCUT2D eigenvalue weighted by molar-refractivity contribution is 0.529. The summed E-state index contributed by atoms with van der Waals surface area (Å²) in [5.74, 6) is 6.56. The molecule has 0 aliphatic carbocycles. The summed E-state index contributed by atoms with van der Waals surface area (Å²) in [5, 5.41) is 0. The molecule has 49 valence electrons. The van der Waals surface area contributed by atoms with Crippen molar-refractivity contribution >= 4 is 0 Å². The van der Waals surface area contributed by atoms with Crippen LogP contribution in [-0.4, -0.2) is 6.04 Å². The second-order valence-electron chi connectivity index (χ2n) is 2.20. The van der Waals surface area contributed by atoms with Gasteiger partial charge in [0.1, 0.15) is 0 Å². The summed E-state index contributed by atoms with van der Waals surface area (Å²) in [4.78, 5) is 0. The minimum Gasteiger partial charge on any atom is -0.271 e. The van der Waals surface area contributed by atoms with E-state index in [0.717, 1.165) is 6.42 Å². The van der Waals surface area contributed by atoms with Crippen molar-refractivity contribution in [1.29, 1.82) is 0 Å². The summed E-state index contributed by atoms with van der Waals surface area (Å²) in [6, 6.07) is 0.398. The Hall–Kier alpha value is -0.0800. The third-order valence-corrected chi connectivity index (χ3v) is 1.31. The fraction of sp³-hybridized carbons (Fsp3) is 0.833. The molecule has 0 fully saturated rings. The molecule has 1 atom stereocenters. The van der Waals surface area contributed by atoms with Crippen LogP contribution in [0.2, 0.25) is 0 Å². The van der Waals surface area contributed by atoms with Crippen LogP contribution < -0.4 is 11.3 Å². The average Bonchev–Trinajstić information content (AvgIpc) is 1.69. The molecule has 8 heavy (non-hydrogen) atoms. The molecule has 2 heteroatoms. The molecule has 0 saturated heterocycles. The number of hydrazine groups is 1. The normalized spacial score (nSPS) is 14.6. The minimum absolute atomic E-state index is 0.398. The Balaban J connectivity index is 3.35. The molecule has 0 aromatic heterocycles. The molecule has 2 nitrogen and oxygen atoms in total. The summed E-state index contributed by atoms with van der Waals surface area (Å²) in [6.07, 6.45) is 1.07. The van der Waals surface area contributed by atoms with Crippen molar-refractivity contribution in [2.45, 2.75) is 33.2 Å². The van der Waals surface area contributed by atoms with E-state index in [2.05, 4.69) is 26.2 Å². The predicted molar refractivity (Wildman–Crippen MR) is 36.0 cm³/mol. The van der Waals surface area contributed by atoms with E-state index in [0.29, 0.717) is 6.04 Å². The predicted octanol–water partition coefficient (Wildman–Crippen LogP) is 0.843. The highest BCUT2D eigenvalue weighted by Crippen LogP contribution is 2.04. The van der Waals surface area contributed by atoms with Gasteiger partial charge in [0.2, 0.25) is 0 Å². The van der Waals surface area contributed by atoms with E-state index >= 15 is 0 Å². The van der Waals surface area contributed by atoms with Crippen molar-refractivity contribution < 1.29 is 0 Å². The van der Waals surface area contributed by atoms with E-state index in [1.54, 1.807) is 0 Å². The summed E-state index contributed by atoms with van der Waals surface area (Å²) in [7, 11) is 0. The van der Waals surface area contributed by atoms with E-state index < -0.39 is 0 Å². The molecule has 0 aliphatic heterocycles. The largest absolute Gasteiger partial charge is 0.271 e. The molecule has 0 saturated carbocycles. The van der Waals surface area contributed by atoms with Gasteiger partial charge in [0.25, 0.3) is 0 Å². The van der Waals surface area contributed by atoms with Crippen LogP contribution in [0, 0.1) is 5.92 Å². The zero-order valence-electron chi connectivity index (χ0n) is 5.86. The van der Waals surface area contributed by atoms with Crippen LogP contribution in [-0.2, 0) is 0 Å². The molecule has 3 N–H and O–H groups in total. The SMILES string of the molecule is CCC(NN)[C](C)C. The first-order chi connectivity index (χ1) is 3.72. The first kappa shape index (κ1) is 7.92. The first-order valence-corrected chi connectivity index (χ1v) is 2.98. The molecule has 0 spiro atoms. The average molecular weight is 115 g/mol. The molecule has 0 aromatic rings. The quantitative estimate of drug-likeness (QED) is 0.422. The standard InChI is InChI=1S/C6H15N2/c1-4-6(8-7)5(2)3/h6,8H,4,7H2,1-3H3. The molecule has 1 radical (unpaired) electrons. The molecule has 0 heterocycles. The molecule has 0 aliphatic rings. The van der Waals surface area contributed by atoms with E-state index in [9.17, 15) is 0 Å². The van der Waals surface area contributed by atoms with Crippen molar-refractivity contribution in [2.24, 2.45) is 5.84 Å². The number of nitrogens with one attached hydrogen (secondary N) is 1. The summed E-state index contributed by atoms with van der Waals surface area (Å²) >= 11 is 0. The zero-order valence-corrected chi connectivity index (χ0v) is 5.86. The summed E-state index contributed by atoms with van der Waals surface area (Å²) in [5.41, 5.74) is 2.71. The maximum atomic E-state index is 5.21. The van der Waals surface area contributed by atoms with Gasteiger partial charge in [-0.2, -0.15) is 0 Å². The number of rotatable bonds is 3. The summed E-state index contributed by atoms with van der Waals surface area (Å²) in [6.45, 7) is 6.26. The lowest BCUT2D eigenvalue weighted by Gasteiger charge is -2.15. The fourth-order valence-corrected chi connectivity index (χ4v) is 0.693. The molecule has 0 rings (SSSR count). The Morgan fingerprint density at radius 3 is 2.12 bits per heavy atom. The zero-order chi connectivity index (χ0) is 6.57. The van der Waals surface area contributed by atoms with Crippen molar-refractivity contribution in [3.05, 3.63) is 5.92 Å². The van der Waals surface area contributed by atoms with Crippen LogP contribution in [0.3, 0.4) is 0 Å². The van der Waals surface area contributed by atoms with Crippen molar-refractivity contribution in [2.75, 3.05) is 0 Å². The van der Waals surface area contributed by atoms with Crippen molar-refractivity contribution in [1.82, 2.24) is 5.43 Å². The van der Waals surface area contributed by atoms with E-state index in [1.807, 2.05) is 0 Å². The number of hydrogen-bond acceptors (Lipinski definition) is 2. The van der Waals surface area contributed by atoms with Gasteiger partial charge in [0.05, 0.1) is 0 Å². The van der Waals surface area contributed by atoms with Crippen molar-refractivity contribution in [3.63, 3.8) is 0 Å². The third-order valence-electron chi connectivity index (χ3n) is 1.31. The highest BCUT2D eigenvalue weighted by molar-refractivity contribution is 4.90. The Morgan fingerprint density at radius 1 is 1.62 bits per heavy atom. The Labute approximate surface area is 51.4 Å². The fourth-order valence-electron chi connectivity index (χ4n) is 0.693. The highest BCUT2D eigenvalue weighted by Gasteiger charge is 2.06. The molecule has 0 amide bonds. The number of hydrogen-bond donors (Lipinski definition) is 2. The van der Waals surface area contributed by atoms with Gasteiger partial charge in [0, 0.05) is 6.04 Å². The lowest BCUT2D eigenvalue weighted by Crippen LogP contribution is -2.37. The maximum absolute atomic E-state index is 5.21. The smallest absolute Gasteiger partial charge is 0.0264 e. The summed E-state index contributed by atoms with van der Waals surface area (Å²) < 4.78 is 0. The van der Waals surface area contributed by atoms with Crippen LogP contribution in [0.25, 0.3) is 0 Å². The first-order valence-electron chi connectivity index (χ1n) is 2.98. The van der Waals surface area contributed by atoms with Crippen molar-refractivity contribution in [3.8, 4) is 0 Å². The Kier molecular flexibility index (Phi) is 3.83. The van der Waals surface area contributed by atoms with Gasteiger partial charge in [0.15, 0.2) is 0 Å². The Bertz CT molecular complexity index is 48.5. The third kappa shape index (κ3) is 2.28. The van der Waals surface area contributed by atoms with E-state index in [-0.39, 0.29) is 0 Å². The lowest BCUT2D eigenvalue weighted by atomic mass is 10.0. The second kappa shape index (κ2) is 3.87. The van der Waals surface area contributed by atoms with Gasteiger partial charge in [-0.3, -0.25) is 11.3 Å². The topological polar surface area (TPSA) is 38.0 Å². The van der Waals surface area contributed by atoms with Crippen LogP contribution in [0.1, 0.15) is 27.2 Å². The monoisotopic (exact) mass is 115 g/mol. The van der Waals surface area contributed by atoms with E-state index in [4.69, 9.17) is 5.84 Å². The maximum Gasteiger partial charge on any atom is 0.0264 e. The van der Waals surface area contributed by atoms with Crippen LogP contribution in [0.4, 0.5) is 0 Å². The second-order valence-corrected chi connectivity index (χ2v) is 2.20.